The third-order valence-electron chi connectivity index (χ3n) is 2.80. The van der Waals surface area contributed by atoms with Crippen LogP contribution < -0.4 is 5.32 Å². The van der Waals surface area contributed by atoms with E-state index in [1.165, 1.54) is 6.07 Å². The first-order valence-corrected chi connectivity index (χ1v) is 6.58. The summed E-state index contributed by atoms with van der Waals surface area (Å²) < 4.78 is 19.0. The number of hydrogen-bond acceptors (Lipinski definition) is 2. The Labute approximate surface area is 109 Å². The molecule has 0 radical (unpaired) electrons. The molecule has 1 aliphatic rings. The van der Waals surface area contributed by atoms with Crippen molar-refractivity contribution in [3.63, 3.8) is 0 Å². The summed E-state index contributed by atoms with van der Waals surface area (Å²) in [6.45, 7) is 2.50. The Morgan fingerprint density at radius 2 is 2.12 bits per heavy atom. The van der Waals surface area contributed by atoms with Crippen LogP contribution in [-0.2, 0) is 11.3 Å². The van der Waals surface area contributed by atoms with Gasteiger partial charge in [0, 0.05) is 29.4 Å². The van der Waals surface area contributed by atoms with Crippen LogP contribution in [0.25, 0.3) is 0 Å². The molecule has 2 rings (SSSR count). The second-order valence-electron chi connectivity index (χ2n) is 4.02. The van der Waals surface area contributed by atoms with Gasteiger partial charge in [-0.2, -0.15) is 0 Å². The molecule has 0 amide bonds. The van der Waals surface area contributed by atoms with E-state index in [1.807, 2.05) is 34.7 Å². The molecule has 16 heavy (non-hydrogen) atoms. The highest BCUT2D eigenvalue weighted by Gasteiger charge is 2.12. The Morgan fingerprint density at radius 1 is 1.38 bits per heavy atom. The van der Waals surface area contributed by atoms with Gasteiger partial charge in [-0.15, -0.1) is 0 Å². The lowest BCUT2D eigenvalue weighted by molar-refractivity contribution is 0.0776. The quantitative estimate of drug-likeness (QED) is 0.858. The Bertz CT molecular complexity index is 353. The van der Waals surface area contributed by atoms with Crippen LogP contribution in [0.15, 0.2) is 18.2 Å². The highest BCUT2D eigenvalue weighted by molar-refractivity contribution is 14.1. The van der Waals surface area contributed by atoms with Crippen LogP contribution in [0.3, 0.4) is 0 Å². The van der Waals surface area contributed by atoms with E-state index in [4.69, 9.17) is 4.74 Å². The van der Waals surface area contributed by atoms with E-state index in [2.05, 4.69) is 5.32 Å². The fourth-order valence-corrected chi connectivity index (χ4v) is 2.39. The van der Waals surface area contributed by atoms with Crippen molar-refractivity contribution in [1.82, 2.24) is 5.32 Å². The normalized spacial score (nSPS) is 17.6. The van der Waals surface area contributed by atoms with Crippen molar-refractivity contribution in [3.8, 4) is 0 Å². The molecule has 0 aliphatic carbocycles. The first-order valence-electron chi connectivity index (χ1n) is 5.51. The van der Waals surface area contributed by atoms with E-state index < -0.39 is 0 Å². The van der Waals surface area contributed by atoms with Gasteiger partial charge in [0.1, 0.15) is 5.82 Å². The fourth-order valence-electron chi connectivity index (χ4n) is 1.81. The maximum atomic E-state index is 13.0. The van der Waals surface area contributed by atoms with Crippen LogP contribution in [0.5, 0.6) is 0 Å². The molecule has 1 aromatic rings. The Morgan fingerprint density at radius 3 is 2.81 bits per heavy atom. The molecule has 0 bridgehead atoms. The topological polar surface area (TPSA) is 21.3 Å². The molecule has 1 aromatic carbocycles. The molecule has 1 heterocycles. The summed E-state index contributed by atoms with van der Waals surface area (Å²) in [5.41, 5.74) is 1.14. The first kappa shape index (κ1) is 12.3. The third kappa shape index (κ3) is 3.40. The van der Waals surface area contributed by atoms with E-state index in [-0.39, 0.29) is 5.82 Å². The van der Waals surface area contributed by atoms with Crippen LogP contribution in [-0.4, -0.2) is 19.3 Å². The Hall–Kier alpha value is -0.200. The molecule has 1 N–H and O–H groups in total. The first-order chi connectivity index (χ1) is 7.75. The molecule has 0 spiro atoms. The summed E-state index contributed by atoms with van der Waals surface area (Å²) in [4.78, 5) is 0. The van der Waals surface area contributed by atoms with Crippen molar-refractivity contribution >= 4 is 22.6 Å². The maximum absolute atomic E-state index is 13.0. The molecule has 0 unspecified atom stereocenters. The molecule has 1 fully saturated rings. The van der Waals surface area contributed by atoms with Gasteiger partial charge in [-0.1, -0.05) is 6.07 Å². The van der Waals surface area contributed by atoms with Crippen molar-refractivity contribution in [2.45, 2.75) is 25.4 Å². The van der Waals surface area contributed by atoms with Crippen molar-refractivity contribution < 1.29 is 9.13 Å². The second-order valence-corrected chi connectivity index (χ2v) is 5.18. The standard InChI is InChI=1S/C12H15FINO/c13-11-2-1-9(7-12(11)14)8-15-10-3-5-16-6-4-10/h1-2,7,10,15H,3-6,8H2. The second kappa shape index (κ2) is 5.93. The highest BCUT2D eigenvalue weighted by Crippen LogP contribution is 2.13. The zero-order valence-electron chi connectivity index (χ0n) is 9.01. The average molecular weight is 335 g/mol. The molecule has 0 saturated carbocycles. The average Bonchev–Trinajstić information content (AvgIpc) is 2.32. The van der Waals surface area contributed by atoms with Gasteiger partial charge in [-0.3, -0.25) is 0 Å². The minimum absolute atomic E-state index is 0.143. The Kier molecular flexibility index (Phi) is 4.55. The van der Waals surface area contributed by atoms with E-state index in [1.54, 1.807) is 0 Å². The predicted molar refractivity (Wildman–Crippen MR) is 69.8 cm³/mol. The number of halogens is 2. The van der Waals surface area contributed by atoms with Crippen LogP contribution in [0, 0.1) is 9.39 Å². The summed E-state index contributed by atoms with van der Waals surface area (Å²) in [5.74, 6) is -0.143. The number of benzene rings is 1. The molecule has 1 saturated heterocycles. The summed E-state index contributed by atoms with van der Waals surface area (Å²) in [6, 6.07) is 5.80. The minimum Gasteiger partial charge on any atom is -0.381 e. The number of hydrogen-bond donors (Lipinski definition) is 1. The summed E-state index contributed by atoms with van der Waals surface area (Å²) in [5, 5.41) is 3.48. The largest absolute Gasteiger partial charge is 0.381 e. The molecular formula is C12H15FINO. The zero-order chi connectivity index (χ0) is 11.4. The van der Waals surface area contributed by atoms with Crippen molar-refractivity contribution in [1.29, 1.82) is 0 Å². The molecule has 4 heteroatoms. The summed E-state index contributed by atoms with van der Waals surface area (Å²) >= 11 is 2.02. The highest BCUT2D eigenvalue weighted by atomic mass is 127. The molecule has 88 valence electrons. The van der Waals surface area contributed by atoms with Gasteiger partial charge < -0.3 is 10.1 Å². The fraction of sp³-hybridized carbons (Fsp3) is 0.500. The number of nitrogens with one attached hydrogen (secondary N) is 1. The third-order valence-corrected chi connectivity index (χ3v) is 3.63. The maximum Gasteiger partial charge on any atom is 0.136 e. The lowest BCUT2D eigenvalue weighted by Crippen LogP contribution is -2.34. The molecule has 2 nitrogen and oxygen atoms in total. The summed E-state index contributed by atoms with van der Waals surface area (Å²) in [6.07, 6.45) is 2.14. The van der Waals surface area contributed by atoms with E-state index in [0.29, 0.717) is 9.61 Å². The van der Waals surface area contributed by atoms with Gasteiger partial charge in [-0.25, -0.2) is 4.39 Å². The van der Waals surface area contributed by atoms with Crippen LogP contribution in [0.2, 0.25) is 0 Å². The van der Waals surface area contributed by atoms with Crippen molar-refractivity contribution in [3.05, 3.63) is 33.1 Å². The zero-order valence-corrected chi connectivity index (χ0v) is 11.2. The lowest BCUT2D eigenvalue weighted by Gasteiger charge is -2.23. The monoisotopic (exact) mass is 335 g/mol. The molecule has 1 aliphatic heterocycles. The van der Waals surface area contributed by atoms with Gasteiger partial charge in [0.15, 0.2) is 0 Å². The molecule has 0 aromatic heterocycles. The number of rotatable bonds is 3. The molecule has 0 atom stereocenters. The van der Waals surface area contributed by atoms with Crippen LogP contribution >= 0.6 is 22.6 Å². The van der Waals surface area contributed by atoms with Gasteiger partial charge >= 0.3 is 0 Å². The van der Waals surface area contributed by atoms with E-state index in [9.17, 15) is 4.39 Å². The smallest absolute Gasteiger partial charge is 0.136 e. The SMILES string of the molecule is Fc1ccc(CNC2CCOCC2)cc1I. The Balaban J connectivity index is 1.86. The van der Waals surface area contributed by atoms with E-state index >= 15 is 0 Å². The van der Waals surface area contributed by atoms with Gasteiger partial charge in [-0.05, 0) is 53.1 Å². The minimum atomic E-state index is -0.143. The van der Waals surface area contributed by atoms with Gasteiger partial charge in [0.25, 0.3) is 0 Å². The molecular weight excluding hydrogens is 320 g/mol. The van der Waals surface area contributed by atoms with Crippen molar-refractivity contribution in [2.75, 3.05) is 13.2 Å². The van der Waals surface area contributed by atoms with E-state index in [0.717, 1.165) is 38.2 Å². The summed E-state index contributed by atoms with van der Waals surface area (Å²) in [7, 11) is 0. The van der Waals surface area contributed by atoms with Crippen LogP contribution in [0.1, 0.15) is 18.4 Å². The van der Waals surface area contributed by atoms with Crippen LogP contribution in [0.4, 0.5) is 4.39 Å². The lowest BCUT2D eigenvalue weighted by atomic mass is 10.1. The predicted octanol–water partition coefficient (Wildman–Crippen LogP) is 2.70. The van der Waals surface area contributed by atoms with Gasteiger partial charge in [0.05, 0.1) is 0 Å². The van der Waals surface area contributed by atoms with Crippen molar-refractivity contribution in [2.24, 2.45) is 0 Å². The van der Waals surface area contributed by atoms with Gasteiger partial charge in [0.2, 0.25) is 0 Å². The number of ether oxygens (including phenoxy) is 1.